The maximum Gasteiger partial charge on any atom is 0.202 e. The van der Waals surface area contributed by atoms with E-state index in [1.165, 1.54) is 12.2 Å². The Morgan fingerprint density at radius 3 is 1.79 bits per heavy atom. The van der Waals surface area contributed by atoms with Gasteiger partial charge in [0.25, 0.3) is 0 Å². The maximum atomic E-state index is 13.4. The highest BCUT2D eigenvalue weighted by molar-refractivity contribution is 6.15. The van der Waals surface area contributed by atoms with Crippen LogP contribution in [-0.4, -0.2) is 44.4 Å². The number of carbonyl (C=O) groups excluding carboxylic acids is 2. The number of allylic oxidation sites excluding steroid dienone is 2. The molecule has 194 valence electrons. The van der Waals surface area contributed by atoms with Gasteiger partial charge in [-0.1, -0.05) is 6.07 Å². The number of methoxy groups -OCH3 is 4. The lowest BCUT2D eigenvalue weighted by molar-refractivity contribution is 0.104. The molecule has 0 radical (unpaired) electrons. The Morgan fingerprint density at radius 2 is 1.26 bits per heavy atom. The molecular formula is C31H29NO6. The minimum Gasteiger partial charge on any atom is -0.497 e. The van der Waals surface area contributed by atoms with Gasteiger partial charge in [0, 0.05) is 22.9 Å². The van der Waals surface area contributed by atoms with Crippen molar-refractivity contribution in [2.75, 3.05) is 28.4 Å². The van der Waals surface area contributed by atoms with Crippen LogP contribution in [-0.2, 0) is 0 Å². The molecule has 2 aromatic carbocycles. The smallest absolute Gasteiger partial charge is 0.202 e. The third-order valence-corrected chi connectivity index (χ3v) is 6.21. The monoisotopic (exact) mass is 511 g/mol. The Hall–Kier alpha value is -4.78. The third kappa shape index (κ3) is 5.32. The van der Waals surface area contributed by atoms with Crippen LogP contribution in [0.25, 0.3) is 17.7 Å². The fourth-order valence-electron chi connectivity index (χ4n) is 4.26. The Morgan fingerprint density at radius 1 is 0.711 bits per heavy atom. The summed E-state index contributed by atoms with van der Waals surface area (Å²) in [4.78, 5) is 26.7. The summed E-state index contributed by atoms with van der Waals surface area (Å²) in [6, 6.07) is 16.1. The van der Waals surface area contributed by atoms with E-state index in [2.05, 4.69) is 0 Å². The molecule has 0 atom stereocenters. The van der Waals surface area contributed by atoms with Crippen molar-refractivity contribution >= 4 is 29.2 Å². The Bertz CT molecular complexity index is 1560. The first kappa shape index (κ1) is 26.3. The molecule has 38 heavy (non-hydrogen) atoms. The van der Waals surface area contributed by atoms with Gasteiger partial charge in [-0.15, -0.1) is 0 Å². The Labute approximate surface area is 221 Å². The van der Waals surface area contributed by atoms with Gasteiger partial charge in [0.15, 0.2) is 5.78 Å². The maximum absolute atomic E-state index is 13.4. The lowest BCUT2D eigenvalue weighted by atomic mass is 10.1. The first-order valence-corrected chi connectivity index (χ1v) is 11.9. The van der Waals surface area contributed by atoms with Crippen LogP contribution < -0.4 is 18.9 Å². The van der Waals surface area contributed by atoms with Crippen LogP contribution in [0.1, 0.15) is 37.5 Å². The molecule has 0 spiro atoms. The molecule has 4 rings (SSSR count). The van der Waals surface area contributed by atoms with Gasteiger partial charge in [-0.3, -0.25) is 9.59 Å². The summed E-state index contributed by atoms with van der Waals surface area (Å²) in [5.74, 6) is 2.03. The average Bonchev–Trinajstić information content (AvgIpc) is 3.35. The Balaban J connectivity index is 1.71. The minimum atomic E-state index is -0.257. The zero-order valence-corrected chi connectivity index (χ0v) is 22.0. The number of rotatable bonds is 10. The predicted molar refractivity (Wildman–Crippen MR) is 148 cm³/mol. The number of aromatic nitrogens is 1. The zero-order valence-electron chi connectivity index (χ0n) is 22.0. The van der Waals surface area contributed by atoms with Gasteiger partial charge >= 0.3 is 0 Å². The van der Waals surface area contributed by atoms with E-state index in [-0.39, 0.29) is 11.6 Å². The molecule has 0 aliphatic rings. The number of benzene rings is 2. The minimum absolute atomic E-state index is 0.237. The molecular weight excluding hydrogens is 482 g/mol. The summed E-state index contributed by atoms with van der Waals surface area (Å²) in [6.45, 7) is 1.91. The molecule has 4 aromatic rings. The lowest BCUT2D eigenvalue weighted by Gasteiger charge is -2.07. The number of hydrogen-bond donors (Lipinski definition) is 0. The number of fused-ring (bicyclic) bond motifs is 1. The standard InChI is InChI=1S/C31H29NO6/c1-20-7-6-16-32-26(28(34)13-9-22-18-24(36-3)11-15-30(22)38-5)19-25(31(20)32)27(33)12-8-21-17-23(35-2)10-14-29(21)37-4/h6-19H,1-5H3/b12-8+,13-9+. The number of carbonyl (C=O) groups is 2. The molecule has 2 heterocycles. The van der Waals surface area contributed by atoms with Crippen molar-refractivity contribution < 1.29 is 28.5 Å². The first-order valence-electron chi connectivity index (χ1n) is 11.9. The molecule has 0 unspecified atom stereocenters. The molecule has 0 amide bonds. The highest BCUT2D eigenvalue weighted by atomic mass is 16.5. The summed E-state index contributed by atoms with van der Waals surface area (Å²) < 4.78 is 23.2. The van der Waals surface area contributed by atoms with Crippen molar-refractivity contribution in [1.29, 1.82) is 0 Å². The number of hydrogen-bond acceptors (Lipinski definition) is 6. The normalized spacial score (nSPS) is 11.3. The van der Waals surface area contributed by atoms with Crippen LogP contribution >= 0.6 is 0 Å². The third-order valence-electron chi connectivity index (χ3n) is 6.21. The summed E-state index contributed by atoms with van der Waals surface area (Å²) in [5.41, 5.74) is 3.75. The second kappa shape index (κ2) is 11.5. The summed E-state index contributed by atoms with van der Waals surface area (Å²) in [7, 11) is 6.29. The van der Waals surface area contributed by atoms with Gasteiger partial charge in [0.2, 0.25) is 5.78 Å². The van der Waals surface area contributed by atoms with Crippen molar-refractivity contribution in [3.63, 3.8) is 0 Å². The van der Waals surface area contributed by atoms with Crippen molar-refractivity contribution in [2.24, 2.45) is 0 Å². The van der Waals surface area contributed by atoms with Gasteiger partial charge in [-0.2, -0.15) is 0 Å². The van der Waals surface area contributed by atoms with E-state index in [1.807, 2.05) is 19.1 Å². The number of aryl methyl sites for hydroxylation is 1. The fraction of sp³-hybridized carbons (Fsp3) is 0.161. The molecule has 0 saturated heterocycles. The number of nitrogens with zero attached hydrogens (tertiary/aromatic N) is 1. The van der Waals surface area contributed by atoms with Crippen LogP contribution in [0.2, 0.25) is 0 Å². The van der Waals surface area contributed by atoms with Crippen molar-refractivity contribution in [1.82, 2.24) is 4.40 Å². The van der Waals surface area contributed by atoms with Crippen molar-refractivity contribution in [3.8, 4) is 23.0 Å². The topological polar surface area (TPSA) is 75.5 Å². The predicted octanol–water partition coefficient (Wildman–Crippen LogP) is 6.07. The van der Waals surface area contributed by atoms with Gasteiger partial charge in [-0.25, -0.2) is 0 Å². The number of ketones is 2. The molecule has 7 nitrogen and oxygen atoms in total. The molecule has 0 aliphatic carbocycles. The molecule has 0 fully saturated rings. The van der Waals surface area contributed by atoms with E-state index >= 15 is 0 Å². The van der Waals surface area contributed by atoms with Crippen molar-refractivity contribution in [2.45, 2.75) is 6.92 Å². The SMILES string of the molecule is COc1ccc(OC)c(/C=C/C(=O)c2cc(C(=O)/C=C/c3cc(OC)ccc3OC)n3cccc(C)c23)c1. The largest absolute Gasteiger partial charge is 0.497 e. The Kier molecular flexibility index (Phi) is 7.97. The van der Waals surface area contributed by atoms with E-state index in [0.717, 1.165) is 5.56 Å². The van der Waals surface area contributed by atoms with Gasteiger partial charge in [-0.05, 0) is 85.3 Å². The van der Waals surface area contributed by atoms with E-state index < -0.39 is 0 Å². The highest BCUT2D eigenvalue weighted by Crippen LogP contribution is 2.28. The molecule has 0 bridgehead atoms. The van der Waals surface area contributed by atoms with Crippen LogP contribution in [0.5, 0.6) is 23.0 Å². The molecule has 0 saturated carbocycles. The van der Waals surface area contributed by atoms with Crippen LogP contribution in [0, 0.1) is 6.92 Å². The van der Waals surface area contributed by atoms with Gasteiger partial charge in [0.1, 0.15) is 23.0 Å². The lowest BCUT2D eigenvalue weighted by Crippen LogP contribution is -2.00. The quantitative estimate of drug-likeness (QED) is 0.190. The zero-order chi connectivity index (χ0) is 27.2. The van der Waals surface area contributed by atoms with Gasteiger partial charge < -0.3 is 23.3 Å². The van der Waals surface area contributed by atoms with E-state index in [4.69, 9.17) is 18.9 Å². The van der Waals surface area contributed by atoms with E-state index in [0.29, 0.717) is 50.9 Å². The van der Waals surface area contributed by atoms with E-state index in [9.17, 15) is 9.59 Å². The number of pyridine rings is 1. The van der Waals surface area contributed by atoms with Gasteiger partial charge in [0.05, 0.1) is 39.6 Å². The van der Waals surface area contributed by atoms with Crippen LogP contribution in [0.3, 0.4) is 0 Å². The first-order chi connectivity index (χ1) is 18.4. The van der Waals surface area contributed by atoms with Crippen LogP contribution in [0.4, 0.5) is 0 Å². The second-order valence-corrected chi connectivity index (χ2v) is 8.46. The highest BCUT2D eigenvalue weighted by Gasteiger charge is 2.19. The summed E-state index contributed by atoms with van der Waals surface area (Å²) >= 11 is 0. The number of ether oxygens (including phenoxy) is 4. The fourth-order valence-corrected chi connectivity index (χ4v) is 4.26. The molecule has 0 N–H and O–H groups in total. The molecule has 2 aromatic heterocycles. The average molecular weight is 512 g/mol. The molecule has 0 aliphatic heterocycles. The van der Waals surface area contributed by atoms with Crippen LogP contribution in [0.15, 0.2) is 72.9 Å². The van der Waals surface area contributed by atoms with Crippen molar-refractivity contribution in [3.05, 3.63) is 101 Å². The van der Waals surface area contributed by atoms with E-state index in [1.54, 1.807) is 93.7 Å². The second-order valence-electron chi connectivity index (χ2n) is 8.46. The summed E-state index contributed by atoms with van der Waals surface area (Å²) in [5, 5.41) is 0. The summed E-state index contributed by atoms with van der Waals surface area (Å²) in [6.07, 6.45) is 8.08. The molecule has 7 heteroatoms.